The third-order valence-electron chi connectivity index (χ3n) is 4.53. The molecule has 0 bridgehead atoms. The van der Waals surface area contributed by atoms with Crippen molar-refractivity contribution >= 4 is 5.91 Å². The van der Waals surface area contributed by atoms with Gasteiger partial charge < -0.3 is 9.88 Å². The summed E-state index contributed by atoms with van der Waals surface area (Å²) in [6, 6.07) is 9.31. The van der Waals surface area contributed by atoms with Crippen LogP contribution in [-0.4, -0.2) is 17.0 Å². The fraction of sp³-hybridized carbons (Fsp3) is 0.421. The number of benzene rings is 1. The molecule has 1 aromatic heterocycles. The van der Waals surface area contributed by atoms with E-state index in [-0.39, 0.29) is 18.1 Å². The van der Waals surface area contributed by atoms with E-state index in [4.69, 9.17) is 0 Å². The summed E-state index contributed by atoms with van der Waals surface area (Å²) in [6.07, 6.45) is 3.45. The van der Waals surface area contributed by atoms with Crippen molar-refractivity contribution in [2.24, 2.45) is 0 Å². The minimum atomic E-state index is -0.323. The van der Waals surface area contributed by atoms with Crippen LogP contribution in [0.15, 0.2) is 30.3 Å². The van der Waals surface area contributed by atoms with Gasteiger partial charge in [-0.2, -0.15) is 0 Å². The molecule has 1 aliphatic rings. The van der Waals surface area contributed by atoms with Crippen LogP contribution in [0.25, 0.3) is 0 Å². The van der Waals surface area contributed by atoms with Crippen molar-refractivity contribution in [2.45, 2.75) is 45.6 Å². The molecule has 0 spiro atoms. The Labute approximate surface area is 136 Å². The van der Waals surface area contributed by atoms with E-state index >= 15 is 0 Å². The average molecular weight is 314 g/mol. The Morgan fingerprint density at radius 3 is 2.70 bits per heavy atom. The fourth-order valence-corrected chi connectivity index (χ4v) is 3.21. The Morgan fingerprint density at radius 1 is 1.26 bits per heavy atom. The number of carbonyl (C=O) groups is 1. The summed E-state index contributed by atoms with van der Waals surface area (Å²) >= 11 is 0. The molecule has 1 saturated carbocycles. The first kappa shape index (κ1) is 15.8. The highest BCUT2D eigenvalue weighted by molar-refractivity contribution is 5.78. The van der Waals surface area contributed by atoms with E-state index in [2.05, 4.69) is 29.8 Å². The monoisotopic (exact) mass is 314 g/mol. The molecular weight excluding hydrogens is 291 g/mol. The number of nitrogens with one attached hydrogen (secondary N) is 1. The smallest absolute Gasteiger partial charge is 0.224 e. The maximum absolute atomic E-state index is 13.5. The first-order valence-corrected chi connectivity index (χ1v) is 8.23. The lowest BCUT2D eigenvalue weighted by atomic mass is 10.1. The molecule has 1 amide bonds. The predicted octanol–water partition coefficient (Wildman–Crippen LogP) is 3.48. The van der Waals surface area contributed by atoms with E-state index in [1.807, 2.05) is 0 Å². The van der Waals surface area contributed by atoms with Crippen LogP contribution in [0.5, 0.6) is 0 Å². The molecule has 0 aliphatic heterocycles. The van der Waals surface area contributed by atoms with Crippen LogP contribution in [-0.2, 0) is 17.6 Å². The van der Waals surface area contributed by atoms with Gasteiger partial charge in [-0.1, -0.05) is 18.2 Å². The van der Waals surface area contributed by atoms with Crippen molar-refractivity contribution in [2.75, 3.05) is 6.54 Å². The minimum Gasteiger partial charge on any atom is -0.355 e. The first-order chi connectivity index (χ1) is 11.1. The standard InChI is InChI=1S/C19H23FN2O/c1-13-11-15(14(2)22(13)17-7-8-17)9-10-21-19(23)12-16-5-3-4-6-18(16)20/h3-6,11,17H,7-10,12H2,1-2H3,(H,21,23). The minimum absolute atomic E-state index is 0.0910. The highest BCUT2D eigenvalue weighted by Gasteiger charge is 2.26. The van der Waals surface area contributed by atoms with E-state index in [0.29, 0.717) is 18.2 Å². The lowest BCUT2D eigenvalue weighted by molar-refractivity contribution is -0.120. The molecule has 0 unspecified atom stereocenters. The molecule has 3 rings (SSSR count). The normalized spacial score (nSPS) is 14.0. The number of aromatic nitrogens is 1. The maximum atomic E-state index is 13.5. The number of halogens is 1. The number of nitrogens with zero attached hydrogens (tertiary/aromatic N) is 1. The SMILES string of the molecule is Cc1cc(CCNC(=O)Cc2ccccc2F)c(C)n1C1CC1. The number of hydrogen-bond donors (Lipinski definition) is 1. The third kappa shape index (κ3) is 3.63. The molecule has 23 heavy (non-hydrogen) atoms. The number of aryl methyl sites for hydroxylation is 1. The molecule has 1 aromatic carbocycles. The molecule has 0 atom stereocenters. The summed E-state index contributed by atoms with van der Waals surface area (Å²) in [5.74, 6) is -0.457. The fourth-order valence-electron chi connectivity index (χ4n) is 3.21. The van der Waals surface area contributed by atoms with E-state index in [1.54, 1.807) is 18.2 Å². The highest BCUT2D eigenvalue weighted by Crippen LogP contribution is 2.38. The Kier molecular flexibility index (Phi) is 4.51. The van der Waals surface area contributed by atoms with Gasteiger partial charge in [0.15, 0.2) is 0 Å². The van der Waals surface area contributed by atoms with Crippen molar-refractivity contribution in [3.63, 3.8) is 0 Å². The van der Waals surface area contributed by atoms with E-state index in [9.17, 15) is 9.18 Å². The second kappa shape index (κ2) is 6.57. The zero-order valence-electron chi connectivity index (χ0n) is 13.7. The molecule has 1 heterocycles. The van der Waals surface area contributed by atoms with Crippen LogP contribution in [0, 0.1) is 19.7 Å². The topological polar surface area (TPSA) is 34.0 Å². The van der Waals surface area contributed by atoms with Gasteiger partial charge in [0.2, 0.25) is 5.91 Å². The van der Waals surface area contributed by atoms with Crippen molar-refractivity contribution < 1.29 is 9.18 Å². The van der Waals surface area contributed by atoms with E-state index in [1.165, 1.54) is 35.9 Å². The van der Waals surface area contributed by atoms with Crippen molar-refractivity contribution in [3.8, 4) is 0 Å². The summed E-state index contributed by atoms with van der Waals surface area (Å²) in [7, 11) is 0. The van der Waals surface area contributed by atoms with Gasteiger partial charge in [-0.05, 0) is 56.4 Å². The Balaban J connectivity index is 1.52. The van der Waals surface area contributed by atoms with Crippen LogP contribution in [0.3, 0.4) is 0 Å². The molecule has 122 valence electrons. The zero-order valence-corrected chi connectivity index (χ0v) is 13.7. The van der Waals surface area contributed by atoms with Gasteiger partial charge in [0, 0.05) is 24.0 Å². The van der Waals surface area contributed by atoms with Gasteiger partial charge in [0.1, 0.15) is 5.82 Å². The number of hydrogen-bond acceptors (Lipinski definition) is 1. The van der Waals surface area contributed by atoms with Gasteiger partial charge >= 0.3 is 0 Å². The summed E-state index contributed by atoms with van der Waals surface area (Å²) in [6.45, 7) is 4.88. The number of amides is 1. The quantitative estimate of drug-likeness (QED) is 0.870. The summed E-state index contributed by atoms with van der Waals surface area (Å²) in [5, 5.41) is 2.89. The molecule has 4 heteroatoms. The molecule has 1 fully saturated rings. The molecule has 0 saturated heterocycles. The summed E-state index contributed by atoms with van der Waals surface area (Å²) in [4.78, 5) is 11.9. The lowest BCUT2D eigenvalue weighted by Gasteiger charge is -2.09. The van der Waals surface area contributed by atoms with Crippen molar-refractivity contribution in [1.29, 1.82) is 0 Å². The van der Waals surface area contributed by atoms with Crippen LogP contribution in [0.2, 0.25) is 0 Å². The van der Waals surface area contributed by atoms with Gasteiger partial charge in [0.25, 0.3) is 0 Å². The van der Waals surface area contributed by atoms with E-state index < -0.39 is 0 Å². The van der Waals surface area contributed by atoms with Gasteiger partial charge in [0.05, 0.1) is 6.42 Å². The average Bonchev–Trinajstić information content (AvgIpc) is 3.29. The number of rotatable bonds is 6. The Bertz CT molecular complexity index is 716. The Hall–Kier alpha value is -2.10. The zero-order chi connectivity index (χ0) is 16.4. The first-order valence-electron chi connectivity index (χ1n) is 8.23. The van der Waals surface area contributed by atoms with Crippen LogP contribution in [0.1, 0.15) is 41.4 Å². The summed E-state index contributed by atoms with van der Waals surface area (Å²) in [5.41, 5.74) is 4.35. The molecule has 2 aromatic rings. The molecule has 1 aliphatic carbocycles. The van der Waals surface area contributed by atoms with Crippen molar-refractivity contribution in [1.82, 2.24) is 9.88 Å². The van der Waals surface area contributed by atoms with Gasteiger partial charge in [-0.25, -0.2) is 4.39 Å². The lowest BCUT2D eigenvalue weighted by Crippen LogP contribution is -2.27. The largest absolute Gasteiger partial charge is 0.355 e. The van der Waals surface area contributed by atoms with Crippen LogP contribution >= 0.6 is 0 Å². The maximum Gasteiger partial charge on any atom is 0.224 e. The molecule has 0 radical (unpaired) electrons. The second-order valence-corrected chi connectivity index (χ2v) is 6.37. The number of carbonyl (C=O) groups excluding carboxylic acids is 1. The molecule has 3 nitrogen and oxygen atoms in total. The summed E-state index contributed by atoms with van der Waals surface area (Å²) < 4.78 is 15.9. The molecule has 1 N–H and O–H groups in total. The highest BCUT2D eigenvalue weighted by atomic mass is 19.1. The second-order valence-electron chi connectivity index (χ2n) is 6.37. The van der Waals surface area contributed by atoms with Gasteiger partial charge in [-0.15, -0.1) is 0 Å². The van der Waals surface area contributed by atoms with Crippen LogP contribution in [0.4, 0.5) is 4.39 Å². The van der Waals surface area contributed by atoms with Gasteiger partial charge in [-0.3, -0.25) is 4.79 Å². The van der Waals surface area contributed by atoms with Crippen LogP contribution < -0.4 is 5.32 Å². The molecular formula is C19H23FN2O. The van der Waals surface area contributed by atoms with E-state index in [0.717, 1.165) is 6.42 Å². The van der Waals surface area contributed by atoms with Crippen molar-refractivity contribution in [3.05, 3.63) is 58.7 Å². The Morgan fingerprint density at radius 2 is 2.00 bits per heavy atom. The third-order valence-corrected chi connectivity index (χ3v) is 4.53. The predicted molar refractivity (Wildman–Crippen MR) is 89.0 cm³/mol.